The maximum Gasteiger partial charge on any atom is 0.264 e. The highest BCUT2D eigenvalue weighted by atomic mass is 32.2. The molecule has 38 heavy (non-hydrogen) atoms. The minimum Gasteiger partial charge on any atom is -0.497 e. The standard InChI is InChI=1S/C16H34O3S.C15H14O3/c1-2-3-4-5-6-7-8-9-10-11-12-13-14-15-16-20(17,18)19;1-18-13-9-5-8-12(10-13)15(17)14(16)11-6-3-2-4-7-11/h2-16H2,1H3,(H,17,18,19);2-10,15,17H,1H3. The van der Waals surface area contributed by atoms with E-state index in [1.165, 1.54) is 70.6 Å². The van der Waals surface area contributed by atoms with Gasteiger partial charge in [-0.2, -0.15) is 8.42 Å². The summed E-state index contributed by atoms with van der Waals surface area (Å²) in [5.74, 6) is 0.224. The molecule has 214 valence electrons. The predicted octanol–water partition coefficient (Wildman–Crippen LogP) is 7.97. The van der Waals surface area contributed by atoms with Crippen molar-refractivity contribution in [3.8, 4) is 5.75 Å². The highest BCUT2D eigenvalue weighted by Crippen LogP contribution is 2.22. The molecular formula is C31H48O6S. The van der Waals surface area contributed by atoms with Crippen LogP contribution >= 0.6 is 0 Å². The maximum absolute atomic E-state index is 12.1. The molecule has 2 N–H and O–H groups in total. The van der Waals surface area contributed by atoms with Crippen LogP contribution in [0, 0.1) is 0 Å². The Morgan fingerprint density at radius 2 is 1.26 bits per heavy atom. The first-order chi connectivity index (χ1) is 18.3. The topological polar surface area (TPSA) is 101 Å². The molecule has 0 aliphatic heterocycles. The molecule has 0 spiro atoms. The summed E-state index contributed by atoms with van der Waals surface area (Å²) in [4.78, 5) is 12.1. The monoisotopic (exact) mass is 548 g/mol. The largest absolute Gasteiger partial charge is 0.497 e. The second-order valence-electron chi connectivity index (χ2n) is 9.79. The van der Waals surface area contributed by atoms with Crippen LogP contribution in [-0.2, 0) is 10.1 Å². The van der Waals surface area contributed by atoms with E-state index < -0.39 is 16.2 Å². The number of methoxy groups -OCH3 is 1. The van der Waals surface area contributed by atoms with Crippen LogP contribution in [-0.4, -0.2) is 36.7 Å². The number of carbonyl (C=O) groups excluding carboxylic acids is 1. The zero-order chi connectivity index (χ0) is 28.1. The van der Waals surface area contributed by atoms with E-state index in [-0.39, 0.29) is 11.5 Å². The van der Waals surface area contributed by atoms with Crippen LogP contribution in [0.5, 0.6) is 5.75 Å². The molecule has 0 heterocycles. The lowest BCUT2D eigenvalue weighted by molar-refractivity contribution is 0.0747. The van der Waals surface area contributed by atoms with Gasteiger partial charge in [-0.1, -0.05) is 133 Å². The number of unbranched alkanes of at least 4 members (excludes halogenated alkanes) is 13. The van der Waals surface area contributed by atoms with Gasteiger partial charge in [-0.15, -0.1) is 0 Å². The molecule has 1 atom stereocenters. The third kappa shape index (κ3) is 16.6. The smallest absolute Gasteiger partial charge is 0.264 e. The van der Waals surface area contributed by atoms with Crippen molar-refractivity contribution >= 4 is 15.9 Å². The van der Waals surface area contributed by atoms with Crippen LogP contribution in [0.3, 0.4) is 0 Å². The van der Waals surface area contributed by atoms with Gasteiger partial charge >= 0.3 is 0 Å². The summed E-state index contributed by atoms with van der Waals surface area (Å²) in [6, 6.07) is 15.6. The van der Waals surface area contributed by atoms with Crippen LogP contribution in [0.1, 0.15) is 119 Å². The summed E-state index contributed by atoms with van der Waals surface area (Å²) in [6.07, 6.45) is 16.2. The first-order valence-corrected chi connectivity index (χ1v) is 15.8. The third-order valence-corrected chi connectivity index (χ3v) is 7.28. The van der Waals surface area contributed by atoms with E-state index in [4.69, 9.17) is 9.29 Å². The number of Topliss-reactive ketones (excluding diaryl/α,β-unsaturated/α-hetero) is 1. The van der Waals surface area contributed by atoms with Crippen molar-refractivity contribution in [3.05, 3.63) is 65.7 Å². The number of hydrogen-bond donors (Lipinski definition) is 2. The van der Waals surface area contributed by atoms with Gasteiger partial charge in [-0.05, 0) is 24.1 Å². The Bertz CT molecular complexity index is 975. The quantitative estimate of drug-likeness (QED) is 0.105. The molecule has 0 saturated heterocycles. The number of carbonyl (C=O) groups is 1. The van der Waals surface area contributed by atoms with Crippen LogP contribution in [0.25, 0.3) is 0 Å². The number of ketones is 1. The molecule has 0 fully saturated rings. The van der Waals surface area contributed by atoms with E-state index in [1.807, 2.05) is 6.07 Å². The van der Waals surface area contributed by atoms with E-state index in [2.05, 4.69) is 6.92 Å². The van der Waals surface area contributed by atoms with Gasteiger partial charge in [0.05, 0.1) is 12.9 Å². The van der Waals surface area contributed by atoms with Gasteiger partial charge in [-0.3, -0.25) is 9.35 Å². The Balaban J connectivity index is 0.000000381. The van der Waals surface area contributed by atoms with Gasteiger partial charge in [0.1, 0.15) is 11.9 Å². The van der Waals surface area contributed by atoms with E-state index >= 15 is 0 Å². The first kappa shape index (κ1) is 33.8. The number of hydrogen-bond acceptors (Lipinski definition) is 5. The van der Waals surface area contributed by atoms with E-state index in [1.54, 1.807) is 55.6 Å². The van der Waals surface area contributed by atoms with Gasteiger partial charge in [0.25, 0.3) is 10.1 Å². The van der Waals surface area contributed by atoms with E-state index in [0.717, 1.165) is 12.8 Å². The Labute approximate surface area is 230 Å². The molecular weight excluding hydrogens is 500 g/mol. The molecule has 0 aliphatic carbocycles. The number of aliphatic hydroxyl groups excluding tert-OH is 1. The number of rotatable bonds is 19. The molecule has 6 nitrogen and oxygen atoms in total. The van der Waals surface area contributed by atoms with Crippen LogP contribution in [0.4, 0.5) is 0 Å². The number of aliphatic hydroxyl groups is 1. The second kappa shape index (κ2) is 20.7. The first-order valence-electron chi connectivity index (χ1n) is 14.1. The number of ether oxygens (including phenoxy) is 1. The third-order valence-electron chi connectivity index (χ3n) is 6.47. The second-order valence-corrected chi connectivity index (χ2v) is 11.4. The van der Waals surface area contributed by atoms with Gasteiger partial charge in [0.2, 0.25) is 0 Å². The molecule has 0 radical (unpaired) electrons. The zero-order valence-corrected chi connectivity index (χ0v) is 24.1. The Morgan fingerprint density at radius 1 is 0.763 bits per heavy atom. The Hall–Kier alpha value is -2.22. The SMILES string of the molecule is CCCCCCCCCCCCCCCCS(=O)(=O)O.COc1cccc(C(O)C(=O)c2ccccc2)c1. The van der Waals surface area contributed by atoms with Crippen LogP contribution in [0.15, 0.2) is 54.6 Å². The molecule has 0 saturated carbocycles. The molecule has 0 bridgehead atoms. The van der Waals surface area contributed by atoms with Gasteiger partial charge in [-0.25, -0.2) is 0 Å². The fourth-order valence-corrected chi connectivity index (χ4v) is 4.77. The molecule has 2 aromatic carbocycles. The van der Waals surface area contributed by atoms with Crippen molar-refractivity contribution in [3.63, 3.8) is 0 Å². The highest BCUT2D eigenvalue weighted by molar-refractivity contribution is 7.85. The lowest BCUT2D eigenvalue weighted by Gasteiger charge is -2.11. The minimum absolute atomic E-state index is 0.0783. The Morgan fingerprint density at radius 3 is 1.74 bits per heavy atom. The minimum atomic E-state index is -3.74. The molecule has 1 unspecified atom stereocenters. The van der Waals surface area contributed by atoms with Crippen molar-refractivity contribution in [2.24, 2.45) is 0 Å². The fraction of sp³-hybridized carbons (Fsp3) is 0.581. The predicted molar refractivity (Wildman–Crippen MR) is 155 cm³/mol. The molecule has 0 amide bonds. The maximum atomic E-state index is 12.1. The summed E-state index contributed by atoms with van der Waals surface area (Å²) in [5, 5.41) is 10.1. The summed E-state index contributed by atoms with van der Waals surface area (Å²) in [5.41, 5.74) is 1.02. The molecule has 0 aliphatic rings. The number of benzene rings is 2. The molecule has 0 aromatic heterocycles. The summed E-state index contributed by atoms with van der Waals surface area (Å²) < 4.78 is 34.7. The van der Waals surface area contributed by atoms with Crippen LogP contribution < -0.4 is 4.74 Å². The van der Waals surface area contributed by atoms with Crippen molar-refractivity contribution in [1.82, 2.24) is 0 Å². The van der Waals surface area contributed by atoms with Gasteiger partial charge < -0.3 is 9.84 Å². The lowest BCUT2D eigenvalue weighted by Crippen LogP contribution is -2.12. The normalized spacial score (nSPS) is 11.9. The van der Waals surface area contributed by atoms with E-state index in [0.29, 0.717) is 23.3 Å². The fourth-order valence-electron chi connectivity index (χ4n) is 4.20. The van der Waals surface area contributed by atoms with Crippen LogP contribution in [0.2, 0.25) is 0 Å². The average Bonchev–Trinajstić information content (AvgIpc) is 2.92. The molecule has 2 aromatic rings. The van der Waals surface area contributed by atoms with Crippen molar-refractivity contribution in [1.29, 1.82) is 0 Å². The highest BCUT2D eigenvalue weighted by Gasteiger charge is 2.19. The lowest BCUT2D eigenvalue weighted by atomic mass is 10.00. The van der Waals surface area contributed by atoms with Gasteiger partial charge in [0.15, 0.2) is 5.78 Å². The van der Waals surface area contributed by atoms with E-state index in [9.17, 15) is 18.3 Å². The van der Waals surface area contributed by atoms with Crippen molar-refractivity contribution in [2.45, 2.75) is 103 Å². The summed E-state index contributed by atoms with van der Waals surface area (Å²) in [7, 11) is -2.19. The average molecular weight is 549 g/mol. The Kier molecular flexibility index (Phi) is 18.4. The van der Waals surface area contributed by atoms with Crippen molar-refractivity contribution < 1.29 is 27.6 Å². The zero-order valence-electron chi connectivity index (χ0n) is 23.3. The summed E-state index contributed by atoms with van der Waals surface area (Å²) >= 11 is 0. The summed E-state index contributed by atoms with van der Waals surface area (Å²) in [6.45, 7) is 2.25. The molecule has 7 heteroatoms. The van der Waals surface area contributed by atoms with Gasteiger partial charge in [0, 0.05) is 5.56 Å². The van der Waals surface area contributed by atoms with Crippen molar-refractivity contribution in [2.75, 3.05) is 12.9 Å². The molecule has 2 rings (SSSR count).